The molecule has 0 aliphatic carbocycles. The van der Waals surface area contributed by atoms with E-state index in [1.54, 1.807) is 20.8 Å². The Labute approximate surface area is 105 Å². The summed E-state index contributed by atoms with van der Waals surface area (Å²) < 4.78 is 28.4. The monoisotopic (exact) mass is 263 g/mol. The van der Waals surface area contributed by atoms with Gasteiger partial charge in [0.1, 0.15) is 0 Å². The second-order valence-corrected chi connectivity index (χ2v) is 8.66. The van der Waals surface area contributed by atoms with Crippen LogP contribution in [0.3, 0.4) is 0 Å². The van der Waals surface area contributed by atoms with Gasteiger partial charge in [0.15, 0.2) is 9.84 Å². The molecule has 0 amide bonds. The maximum atomic E-state index is 11.9. The van der Waals surface area contributed by atoms with Gasteiger partial charge in [0.2, 0.25) is 0 Å². The Balaban J connectivity index is 2.32. The van der Waals surface area contributed by atoms with Crippen molar-refractivity contribution in [1.29, 1.82) is 0 Å². The maximum absolute atomic E-state index is 11.9. The van der Waals surface area contributed by atoms with Crippen LogP contribution in [0, 0.1) is 5.92 Å². The minimum Gasteiger partial charge on any atom is -0.381 e. The third-order valence-corrected chi connectivity index (χ3v) is 6.05. The Kier molecular flexibility index (Phi) is 4.98. The number of nitrogens with one attached hydrogen (secondary N) is 1. The minimum atomic E-state index is -3.01. The third kappa shape index (κ3) is 4.23. The molecule has 1 saturated heterocycles. The zero-order chi connectivity index (χ0) is 13.1. The molecule has 4 nitrogen and oxygen atoms in total. The molecule has 1 N–H and O–H groups in total. The van der Waals surface area contributed by atoms with Gasteiger partial charge in [-0.3, -0.25) is 0 Å². The summed E-state index contributed by atoms with van der Waals surface area (Å²) in [5.74, 6) is 0.723. The molecule has 1 aliphatic rings. The van der Waals surface area contributed by atoms with E-state index in [0.29, 0.717) is 18.5 Å². The average Bonchev–Trinajstić information content (AvgIpc) is 2.67. The first-order valence-electron chi connectivity index (χ1n) is 6.27. The van der Waals surface area contributed by atoms with Crippen LogP contribution in [0.5, 0.6) is 0 Å². The second kappa shape index (κ2) is 5.67. The predicted molar refractivity (Wildman–Crippen MR) is 69.9 cm³/mol. The van der Waals surface area contributed by atoms with Crippen molar-refractivity contribution in [2.75, 3.05) is 25.5 Å². The van der Waals surface area contributed by atoms with Gasteiger partial charge in [-0.1, -0.05) is 0 Å². The highest BCUT2D eigenvalue weighted by molar-refractivity contribution is 7.92. The lowest BCUT2D eigenvalue weighted by atomic mass is 10.0. The molecule has 1 fully saturated rings. The van der Waals surface area contributed by atoms with Crippen molar-refractivity contribution in [1.82, 2.24) is 5.32 Å². The highest BCUT2D eigenvalue weighted by Crippen LogP contribution is 2.17. The fourth-order valence-corrected chi connectivity index (χ4v) is 2.84. The molecule has 0 saturated carbocycles. The zero-order valence-electron chi connectivity index (χ0n) is 11.3. The van der Waals surface area contributed by atoms with E-state index in [-0.39, 0.29) is 5.75 Å². The van der Waals surface area contributed by atoms with Crippen molar-refractivity contribution in [2.45, 2.75) is 44.9 Å². The van der Waals surface area contributed by atoms with Gasteiger partial charge in [-0.25, -0.2) is 8.42 Å². The highest BCUT2D eigenvalue weighted by atomic mass is 32.2. The van der Waals surface area contributed by atoms with Crippen LogP contribution in [0.2, 0.25) is 0 Å². The molecule has 1 heterocycles. The molecule has 1 aliphatic heterocycles. The normalized spacial score (nSPS) is 23.9. The van der Waals surface area contributed by atoms with Gasteiger partial charge in [0.25, 0.3) is 0 Å². The van der Waals surface area contributed by atoms with Crippen LogP contribution in [0.1, 0.15) is 34.1 Å². The van der Waals surface area contributed by atoms with Crippen molar-refractivity contribution < 1.29 is 13.2 Å². The maximum Gasteiger partial charge on any atom is 0.156 e. The van der Waals surface area contributed by atoms with E-state index in [9.17, 15) is 8.42 Å². The second-order valence-electron chi connectivity index (χ2n) is 5.80. The summed E-state index contributed by atoms with van der Waals surface area (Å²) >= 11 is 0. The van der Waals surface area contributed by atoms with Crippen LogP contribution in [0.4, 0.5) is 0 Å². The first-order valence-corrected chi connectivity index (χ1v) is 7.93. The Morgan fingerprint density at radius 2 is 2.06 bits per heavy atom. The first kappa shape index (κ1) is 14.9. The molecule has 0 aromatic rings. The lowest BCUT2D eigenvalue weighted by molar-refractivity contribution is 0.178. The quantitative estimate of drug-likeness (QED) is 0.810. The molecule has 0 spiro atoms. The molecule has 0 bridgehead atoms. The van der Waals surface area contributed by atoms with Gasteiger partial charge in [-0.15, -0.1) is 0 Å². The summed E-state index contributed by atoms with van der Waals surface area (Å²) in [7, 11) is -3.01. The smallest absolute Gasteiger partial charge is 0.156 e. The molecule has 1 rings (SSSR count). The summed E-state index contributed by atoms with van der Waals surface area (Å²) in [4.78, 5) is 0. The Morgan fingerprint density at radius 1 is 1.41 bits per heavy atom. The Hall–Kier alpha value is -0.130. The highest BCUT2D eigenvalue weighted by Gasteiger charge is 2.29. The van der Waals surface area contributed by atoms with Crippen molar-refractivity contribution in [3.63, 3.8) is 0 Å². The van der Waals surface area contributed by atoms with Gasteiger partial charge >= 0.3 is 0 Å². The fraction of sp³-hybridized carbons (Fsp3) is 1.00. The summed E-state index contributed by atoms with van der Waals surface area (Å²) in [6.45, 7) is 9.49. The van der Waals surface area contributed by atoms with Crippen molar-refractivity contribution in [2.24, 2.45) is 5.92 Å². The number of hydrogen-bond donors (Lipinski definition) is 1. The number of ether oxygens (including phenoxy) is 1. The fourth-order valence-electron chi connectivity index (χ4n) is 1.84. The molecule has 2 atom stereocenters. The van der Waals surface area contributed by atoms with E-state index in [1.807, 2.05) is 0 Å². The average molecular weight is 263 g/mol. The molecular weight excluding hydrogens is 238 g/mol. The van der Waals surface area contributed by atoms with Crippen molar-refractivity contribution >= 4 is 9.84 Å². The first-order chi connectivity index (χ1) is 7.74. The molecule has 5 heteroatoms. The van der Waals surface area contributed by atoms with Gasteiger partial charge in [0, 0.05) is 19.2 Å². The predicted octanol–water partition coefficient (Wildman–Crippen LogP) is 1.21. The van der Waals surface area contributed by atoms with Crippen molar-refractivity contribution in [3.8, 4) is 0 Å². The van der Waals surface area contributed by atoms with Crippen LogP contribution in [-0.2, 0) is 14.6 Å². The standard InChI is InChI=1S/C12H25NO3S/c1-10(11-5-7-16-9-11)13-6-8-17(14,15)12(2,3)4/h10-11,13H,5-9H2,1-4H3. The largest absolute Gasteiger partial charge is 0.381 e. The van der Waals surface area contributed by atoms with Crippen LogP contribution in [-0.4, -0.2) is 44.7 Å². The van der Waals surface area contributed by atoms with Gasteiger partial charge in [0.05, 0.1) is 17.1 Å². The topological polar surface area (TPSA) is 55.4 Å². The molecule has 0 radical (unpaired) electrons. The molecular formula is C12H25NO3S. The summed E-state index contributed by atoms with van der Waals surface area (Å²) in [6, 6.07) is 0.327. The number of hydrogen-bond acceptors (Lipinski definition) is 4. The molecule has 2 unspecified atom stereocenters. The minimum absolute atomic E-state index is 0.203. The van der Waals surface area contributed by atoms with Crippen LogP contribution >= 0.6 is 0 Å². The molecule has 0 aromatic carbocycles. The van der Waals surface area contributed by atoms with Crippen LogP contribution in [0.25, 0.3) is 0 Å². The van der Waals surface area contributed by atoms with Crippen LogP contribution in [0.15, 0.2) is 0 Å². The van der Waals surface area contributed by atoms with Gasteiger partial charge < -0.3 is 10.1 Å². The third-order valence-electron chi connectivity index (χ3n) is 3.44. The SMILES string of the molecule is CC(NCCS(=O)(=O)C(C)(C)C)C1CCOC1. The van der Waals surface area contributed by atoms with E-state index < -0.39 is 14.6 Å². The van der Waals surface area contributed by atoms with E-state index in [1.165, 1.54) is 0 Å². The lowest BCUT2D eigenvalue weighted by Gasteiger charge is -2.22. The van der Waals surface area contributed by atoms with Crippen molar-refractivity contribution in [3.05, 3.63) is 0 Å². The number of sulfone groups is 1. The summed E-state index contributed by atoms with van der Waals surface area (Å²) in [5, 5.41) is 3.29. The zero-order valence-corrected chi connectivity index (χ0v) is 12.1. The van der Waals surface area contributed by atoms with E-state index >= 15 is 0 Å². The van der Waals surface area contributed by atoms with E-state index in [4.69, 9.17) is 4.74 Å². The lowest BCUT2D eigenvalue weighted by Crippen LogP contribution is -2.40. The Morgan fingerprint density at radius 3 is 2.53 bits per heavy atom. The molecule has 17 heavy (non-hydrogen) atoms. The summed E-state index contributed by atoms with van der Waals surface area (Å²) in [5.41, 5.74) is 0. The van der Waals surface area contributed by atoms with Crippen LogP contribution < -0.4 is 5.32 Å². The van der Waals surface area contributed by atoms with E-state index in [0.717, 1.165) is 19.6 Å². The Bertz CT molecular complexity index is 326. The molecule has 102 valence electrons. The number of rotatable bonds is 5. The van der Waals surface area contributed by atoms with Gasteiger partial charge in [-0.2, -0.15) is 0 Å². The van der Waals surface area contributed by atoms with Gasteiger partial charge in [-0.05, 0) is 40.0 Å². The summed E-state index contributed by atoms with van der Waals surface area (Å²) in [6.07, 6.45) is 1.07. The van der Waals surface area contributed by atoms with E-state index in [2.05, 4.69) is 12.2 Å². The molecule has 0 aromatic heterocycles.